The molecule has 0 saturated heterocycles. The lowest BCUT2D eigenvalue weighted by Crippen LogP contribution is -2.24. The summed E-state index contributed by atoms with van der Waals surface area (Å²) >= 11 is 12.5. The Hall–Kier alpha value is -0.320. The second kappa shape index (κ2) is 6.57. The van der Waals surface area contributed by atoms with Crippen molar-refractivity contribution >= 4 is 44.6 Å². The largest absolute Gasteiger partial charge is 0.242 e. The summed E-state index contributed by atoms with van der Waals surface area (Å²) in [6.45, 7) is 0.286. The van der Waals surface area contributed by atoms with E-state index in [9.17, 15) is 8.42 Å². The molecule has 0 bridgehead atoms. The molecule has 0 amide bonds. The molecule has 0 fully saturated rings. The zero-order valence-electron chi connectivity index (χ0n) is 8.74. The van der Waals surface area contributed by atoms with E-state index in [4.69, 9.17) is 28.5 Å². The fraction of sp³-hybridized carbons (Fsp3) is 0.444. The lowest BCUT2D eigenvalue weighted by Gasteiger charge is -2.04. The molecule has 0 unspecified atom stereocenters. The van der Waals surface area contributed by atoms with Crippen molar-refractivity contribution in [2.75, 3.05) is 6.54 Å². The van der Waals surface area contributed by atoms with Crippen LogP contribution in [0, 0.1) is 11.3 Å². The van der Waals surface area contributed by atoms with Crippen molar-refractivity contribution in [1.29, 1.82) is 5.26 Å². The zero-order chi connectivity index (χ0) is 12.9. The van der Waals surface area contributed by atoms with Crippen LogP contribution in [0.5, 0.6) is 0 Å². The van der Waals surface area contributed by atoms with Crippen LogP contribution in [0.2, 0.25) is 8.67 Å². The quantitative estimate of drug-likeness (QED) is 0.821. The van der Waals surface area contributed by atoms with E-state index in [2.05, 4.69) is 4.72 Å². The van der Waals surface area contributed by atoms with E-state index < -0.39 is 10.0 Å². The molecule has 0 radical (unpaired) electrons. The molecule has 0 spiro atoms. The van der Waals surface area contributed by atoms with Crippen molar-refractivity contribution in [3.05, 3.63) is 14.7 Å². The van der Waals surface area contributed by atoms with Crippen LogP contribution in [-0.4, -0.2) is 15.0 Å². The summed E-state index contributed by atoms with van der Waals surface area (Å²) in [6.07, 6.45) is 1.70. The lowest BCUT2D eigenvalue weighted by molar-refractivity contribution is 0.577. The molecule has 17 heavy (non-hydrogen) atoms. The molecular formula is C9H10Cl2N2O2S2. The zero-order valence-corrected chi connectivity index (χ0v) is 11.9. The number of nitrogens with one attached hydrogen (secondary N) is 1. The molecule has 1 heterocycles. The Labute approximate surface area is 114 Å². The summed E-state index contributed by atoms with van der Waals surface area (Å²) in [7, 11) is -3.60. The second-order valence-electron chi connectivity index (χ2n) is 3.20. The fourth-order valence-corrected chi connectivity index (χ4v) is 4.34. The molecule has 0 aliphatic heterocycles. The summed E-state index contributed by atoms with van der Waals surface area (Å²) < 4.78 is 26.5. The first-order chi connectivity index (χ1) is 7.97. The molecule has 94 valence electrons. The average molecular weight is 313 g/mol. The van der Waals surface area contributed by atoms with Crippen molar-refractivity contribution in [2.45, 2.75) is 24.2 Å². The first-order valence-corrected chi connectivity index (χ1v) is 7.84. The van der Waals surface area contributed by atoms with Crippen molar-refractivity contribution in [1.82, 2.24) is 4.72 Å². The predicted molar refractivity (Wildman–Crippen MR) is 69.0 cm³/mol. The van der Waals surface area contributed by atoms with Crippen LogP contribution in [0.4, 0.5) is 0 Å². The van der Waals surface area contributed by atoms with Gasteiger partial charge < -0.3 is 0 Å². The first kappa shape index (κ1) is 14.7. The summed E-state index contributed by atoms with van der Waals surface area (Å²) in [5.74, 6) is 0. The third-order valence-electron chi connectivity index (χ3n) is 1.92. The molecule has 1 aromatic rings. The second-order valence-corrected chi connectivity index (χ2v) is 7.22. The highest BCUT2D eigenvalue weighted by atomic mass is 35.5. The number of nitriles is 1. The Kier molecular flexibility index (Phi) is 5.70. The van der Waals surface area contributed by atoms with Crippen LogP contribution >= 0.6 is 34.5 Å². The average Bonchev–Trinajstić information content (AvgIpc) is 2.58. The van der Waals surface area contributed by atoms with Gasteiger partial charge in [0.25, 0.3) is 0 Å². The topological polar surface area (TPSA) is 70.0 Å². The van der Waals surface area contributed by atoms with Gasteiger partial charge in [0, 0.05) is 13.0 Å². The summed E-state index contributed by atoms with van der Waals surface area (Å²) in [4.78, 5) is 0.00875. The normalized spacial score (nSPS) is 11.4. The smallest absolute Gasteiger partial charge is 0.211 e. The van der Waals surface area contributed by atoms with Crippen LogP contribution in [0.15, 0.2) is 11.0 Å². The molecule has 1 rings (SSSR count). The van der Waals surface area contributed by atoms with E-state index in [0.29, 0.717) is 23.6 Å². The maximum atomic E-state index is 11.8. The fourth-order valence-electron chi connectivity index (χ4n) is 1.12. The van der Waals surface area contributed by atoms with Gasteiger partial charge in [-0.3, -0.25) is 0 Å². The third kappa shape index (κ3) is 4.45. The number of sulfonamides is 1. The number of hydrogen-bond acceptors (Lipinski definition) is 4. The van der Waals surface area contributed by atoms with E-state index in [1.54, 1.807) is 0 Å². The van der Waals surface area contributed by atoms with Crippen molar-refractivity contribution in [2.24, 2.45) is 0 Å². The molecule has 0 aliphatic rings. The van der Waals surface area contributed by atoms with Crippen LogP contribution in [0.25, 0.3) is 0 Å². The van der Waals surface area contributed by atoms with E-state index in [-0.39, 0.29) is 15.8 Å². The molecule has 8 heteroatoms. The van der Waals surface area contributed by atoms with E-state index in [0.717, 1.165) is 11.3 Å². The summed E-state index contributed by atoms with van der Waals surface area (Å²) in [6, 6.07) is 3.32. The van der Waals surface area contributed by atoms with Gasteiger partial charge in [0.2, 0.25) is 10.0 Å². The number of halogens is 2. The van der Waals surface area contributed by atoms with Crippen molar-refractivity contribution < 1.29 is 8.42 Å². The molecule has 1 aromatic heterocycles. The Morgan fingerprint density at radius 1 is 1.41 bits per heavy atom. The van der Waals surface area contributed by atoms with Gasteiger partial charge >= 0.3 is 0 Å². The van der Waals surface area contributed by atoms with Crippen molar-refractivity contribution in [3.63, 3.8) is 0 Å². The van der Waals surface area contributed by atoms with Gasteiger partial charge in [-0.1, -0.05) is 23.2 Å². The third-order valence-corrected chi connectivity index (χ3v) is 5.14. The SMILES string of the molecule is N#CCCCCNS(=O)(=O)c1cc(Cl)sc1Cl. The number of thiophene rings is 1. The Morgan fingerprint density at radius 2 is 2.12 bits per heavy atom. The van der Waals surface area contributed by atoms with Crippen LogP contribution in [0.1, 0.15) is 19.3 Å². The Morgan fingerprint density at radius 3 is 2.65 bits per heavy atom. The maximum Gasteiger partial charge on any atom is 0.242 e. The molecule has 0 atom stereocenters. The van der Waals surface area contributed by atoms with Gasteiger partial charge in [0.15, 0.2) is 0 Å². The summed E-state index contributed by atoms with van der Waals surface area (Å²) in [5.41, 5.74) is 0. The highest BCUT2D eigenvalue weighted by Crippen LogP contribution is 2.33. The molecule has 0 aromatic carbocycles. The molecule has 4 nitrogen and oxygen atoms in total. The van der Waals surface area contributed by atoms with Gasteiger partial charge in [-0.05, 0) is 18.9 Å². The summed E-state index contributed by atoms with van der Waals surface area (Å²) in [5, 5.41) is 8.32. The van der Waals surface area contributed by atoms with E-state index in [1.165, 1.54) is 6.07 Å². The van der Waals surface area contributed by atoms with Gasteiger partial charge in [-0.25, -0.2) is 13.1 Å². The van der Waals surface area contributed by atoms with Crippen LogP contribution in [0.3, 0.4) is 0 Å². The highest BCUT2D eigenvalue weighted by molar-refractivity contribution is 7.89. The van der Waals surface area contributed by atoms with Gasteiger partial charge in [-0.15, -0.1) is 11.3 Å². The molecule has 1 N–H and O–H groups in total. The Bertz CT molecular complexity index is 520. The van der Waals surface area contributed by atoms with Crippen LogP contribution < -0.4 is 4.72 Å². The minimum Gasteiger partial charge on any atom is -0.211 e. The minimum absolute atomic E-state index is 0.00875. The Balaban J connectivity index is 2.58. The number of unbranched alkanes of at least 4 members (excludes halogenated alkanes) is 2. The predicted octanol–water partition coefficient (Wildman–Crippen LogP) is 3.03. The number of hydrogen-bond donors (Lipinski definition) is 1. The van der Waals surface area contributed by atoms with Gasteiger partial charge in [0.1, 0.15) is 9.23 Å². The monoisotopic (exact) mass is 312 g/mol. The van der Waals surface area contributed by atoms with Crippen molar-refractivity contribution in [3.8, 4) is 6.07 Å². The molecule has 0 aliphatic carbocycles. The van der Waals surface area contributed by atoms with E-state index in [1.807, 2.05) is 6.07 Å². The molecular weight excluding hydrogens is 303 g/mol. The van der Waals surface area contributed by atoms with Crippen LogP contribution in [-0.2, 0) is 10.0 Å². The minimum atomic E-state index is -3.60. The number of nitrogens with zero attached hydrogens (tertiary/aromatic N) is 1. The molecule has 0 saturated carbocycles. The lowest BCUT2D eigenvalue weighted by atomic mass is 10.2. The standard InChI is InChI=1S/C9H10Cl2N2O2S2/c10-8-6-7(9(11)16-8)17(14,15)13-5-3-1-2-4-12/h6,13H,1-3,5H2. The van der Waals surface area contributed by atoms with E-state index >= 15 is 0 Å². The van der Waals surface area contributed by atoms with Gasteiger partial charge in [-0.2, -0.15) is 5.26 Å². The first-order valence-electron chi connectivity index (χ1n) is 4.79. The highest BCUT2D eigenvalue weighted by Gasteiger charge is 2.20. The van der Waals surface area contributed by atoms with Gasteiger partial charge in [0.05, 0.1) is 10.4 Å². The number of rotatable bonds is 6. The maximum absolute atomic E-state index is 11.8.